The number of guanidine groups is 1. The number of hydrogen-bond acceptors (Lipinski definition) is 3. The number of aliphatic imine (C=N–C) groups is 1. The van der Waals surface area contributed by atoms with Gasteiger partial charge in [-0.15, -0.1) is 0 Å². The highest BCUT2D eigenvalue weighted by Crippen LogP contribution is 2.17. The summed E-state index contributed by atoms with van der Waals surface area (Å²) in [5, 5.41) is 0. The number of nitrogens with two attached hydrogens (primary N) is 1. The van der Waals surface area contributed by atoms with E-state index in [4.69, 9.17) is 5.73 Å². The number of nitrogens with zero attached hydrogens (tertiary/aromatic N) is 4. The summed E-state index contributed by atoms with van der Waals surface area (Å²) in [6.45, 7) is 8.52. The molecule has 0 saturated carbocycles. The molecule has 0 unspecified atom stereocenters. The minimum Gasteiger partial charge on any atom is -0.370 e. The molecule has 122 valence electrons. The lowest BCUT2D eigenvalue weighted by molar-refractivity contribution is 0.256. The Labute approximate surface area is 134 Å². The van der Waals surface area contributed by atoms with Crippen LogP contribution in [0.15, 0.2) is 29.3 Å². The number of rotatable bonds is 5. The Hall–Kier alpha value is -1.75. The molecule has 1 aromatic rings. The number of aryl methyl sites for hydroxylation is 1. The fourth-order valence-corrected chi connectivity index (χ4v) is 2.68. The minimum atomic E-state index is 0.615. The molecule has 0 aliphatic carbocycles. The van der Waals surface area contributed by atoms with E-state index in [0.717, 1.165) is 45.7 Å². The van der Waals surface area contributed by atoms with Crippen LogP contribution in [0.25, 0.3) is 0 Å². The van der Waals surface area contributed by atoms with E-state index in [-0.39, 0.29) is 0 Å². The van der Waals surface area contributed by atoms with Crippen molar-refractivity contribution in [3.8, 4) is 0 Å². The molecule has 1 fully saturated rings. The lowest BCUT2D eigenvalue weighted by Crippen LogP contribution is -2.46. The quantitative estimate of drug-likeness (QED) is 0.507. The first-order valence-electron chi connectivity index (χ1n) is 8.07. The first-order valence-corrected chi connectivity index (χ1v) is 8.07. The first-order chi connectivity index (χ1) is 10.6. The van der Waals surface area contributed by atoms with E-state index in [1.165, 1.54) is 11.3 Å². The largest absolute Gasteiger partial charge is 0.370 e. The third-order valence-corrected chi connectivity index (χ3v) is 4.10. The van der Waals surface area contributed by atoms with E-state index >= 15 is 0 Å². The number of hydrogen-bond donors (Lipinski definition) is 1. The fraction of sp³-hybridized carbons (Fsp3) is 0.588. The SMILES string of the molecule is Cc1cccc(N2CCN(CCCN=C(N)N(C)C)CC2)c1. The third kappa shape index (κ3) is 4.91. The molecule has 0 aromatic heterocycles. The summed E-state index contributed by atoms with van der Waals surface area (Å²) in [7, 11) is 3.84. The van der Waals surface area contributed by atoms with Gasteiger partial charge < -0.3 is 15.5 Å². The highest BCUT2D eigenvalue weighted by Gasteiger charge is 2.16. The van der Waals surface area contributed by atoms with Crippen molar-refractivity contribution in [1.29, 1.82) is 0 Å². The molecule has 5 nitrogen and oxygen atoms in total. The van der Waals surface area contributed by atoms with Gasteiger partial charge in [-0.25, -0.2) is 0 Å². The Bertz CT molecular complexity index is 490. The lowest BCUT2D eigenvalue weighted by atomic mass is 10.2. The maximum Gasteiger partial charge on any atom is 0.190 e. The van der Waals surface area contributed by atoms with Gasteiger partial charge in [-0.3, -0.25) is 9.89 Å². The molecule has 0 radical (unpaired) electrons. The van der Waals surface area contributed by atoms with Gasteiger partial charge in [-0.05, 0) is 31.0 Å². The van der Waals surface area contributed by atoms with Crippen molar-refractivity contribution in [1.82, 2.24) is 9.80 Å². The van der Waals surface area contributed by atoms with Crippen LogP contribution in [-0.2, 0) is 0 Å². The van der Waals surface area contributed by atoms with Crippen molar-refractivity contribution in [2.24, 2.45) is 10.7 Å². The van der Waals surface area contributed by atoms with Gasteiger partial charge in [0.15, 0.2) is 5.96 Å². The zero-order valence-electron chi connectivity index (χ0n) is 14.1. The van der Waals surface area contributed by atoms with Gasteiger partial charge in [0.2, 0.25) is 0 Å². The second kappa shape index (κ2) is 8.03. The molecular formula is C17H29N5. The smallest absolute Gasteiger partial charge is 0.190 e. The van der Waals surface area contributed by atoms with Crippen LogP contribution in [0.1, 0.15) is 12.0 Å². The van der Waals surface area contributed by atoms with Crippen molar-refractivity contribution in [3.05, 3.63) is 29.8 Å². The van der Waals surface area contributed by atoms with E-state index in [0.29, 0.717) is 5.96 Å². The second-order valence-electron chi connectivity index (χ2n) is 6.16. The summed E-state index contributed by atoms with van der Waals surface area (Å²) in [4.78, 5) is 11.2. The molecule has 2 N–H and O–H groups in total. The Morgan fingerprint density at radius 1 is 1.23 bits per heavy atom. The van der Waals surface area contributed by atoms with Crippen LogP contribution < -0.4 is 10.6 Å². The Morgan fingerprint density at radius 3 is 2.59 bits per heavy atom. The standard InChI is InChI=1S/C17H29N5/c1-15-6-4-7-16(14-15)22-12-10-21(11-13-22)9-5-8-19-17(18)20(2)3/h4,6-7,14H,5,8-13H2,1-3H3,(H2,18,19). The third-order valence-electron chi connectivity index (χ3n) is 4.10. The average molecular weight is 303 g/mol. The Kier molecular flexibility index (Phi) is 6.07. The van der Waals surface area contributed by atoms with E-state index in [2.05, 4.69) is 46.0 Å². The molecule has 0 bridgehead atoms. The molecule has 1 aliphatic rings. The number of anilines is 1. The zero-order chi connectivity index (χ0) is 15.9. The monoisotopic (exact) mass is 303 g/mol. The maximum absolute atomic E-state index is 5.79. The summed E-state index contributed by atoms with van der Waals surface area (Å²) in [6, 6.07) is 8.78. The summed E-state index contributed by atoms with van der Waals surface area (Å²) >= 11 is 0. The molecule has 1 aliphatic heterocycles. The van der Waals surface area contributed by atoms with Gasteiger partial charge >= 0.3 is 0 Å². The lowest BCUT2D eigenvalue weighted by Gasteiger charge is -2.36. The molecule has 0 amide bonds. The zero-order valence-corrected chi connectivity index (χ0v) is 14.1. The fourth-order valence-electron chi connectivity index (χ4n) is 2.68. The highest BCUT2D eigenvalue weighted by molar-refractivity contribution is 5.77. The minimum absolute atomic E-state index is 0.615. The van der Waals surface area contributed by atoms with Crippen LogP contribution in [0.3, 0.4) is 0 Å². The van der Waals surface area contributed by atoms with Crippen LogP contribution in [0, 0.1) is 6.92 Å². The van der Waals surface area contributed by atoms with Crippen molar-refractivity contribution >= 4 is 11.6 Å². The summed E-state index contributed by atoms with van der Waals surface area (Å²) in [6.07, 6.45) is 1.07. The number of piperazine rings is 1. The molecular weight excluding hydrogens is 274 g/mol. The van der Waals surface area contributed by atoms with Crippen LogP contribution in [0.2, 0.25) is 0 Å². The van der Waals surface area contributed by atoms with E-state index in [1.54, 1.807) is 0 Å². The van der Waals surface area contributed by atoms with Crippen molar-refractivity contribution in [2.75, 3.05) is 58.3 Å². The average Bonchev–Trinajstić information content (AvgIpc) is 2.52. The molecule has 22 heavy (non-hydrogen) atoms. The van der Waals surface area contributed by atoms with Gasteiger partial charge in [0.05, 0.1) is 0 Å². The summed E-state index contributed by atoms with van der Waals surface area (Å²) in [5.41, 5.74) is 8.47. The van der Waals surface area contributed by atoms with Gasteiger partial charge in [-0.1, -0.05) is 12.1 Å². The molecule has 2 rings (SSSR count). The van der Waals surface area contributed by atoms with E-state index in [9.17, 15) is 0 Å². The van der Waals surface area contributed by atoms with E-state index < -0.39 is 0 Å². The van der Waals surface area contributed by atoms with Crippen LogP contribution in [-0.4, -0.2) is 69.1 Å². The Balaban J connectivity index is 1.70. The summed E-state index contributed by atoms with van der Waals surface area (Å²) < 4.78 is 0. The van der Waals surface area contributed by atoms with Gasteiger partial charge in [0.1, 0.15) is 0 Å². The van der Waals surface area contributed by atoms with Gasteiger partial charge in [-0.2, -0.15) is 0 Å². The molecule has 0 atom stereocenters. The molecule has 0 spiro atoms. The van der Waals surface area contributed by atoms with Crippen LogP contribution >= 0.6 is 0 Å². The van der Waals surface area contributed by atoms with Crippen molar-refractivity contribution in [2.45, 2.75) is 13.3 Å². The second-order valence-corrected chi connectivity index (χ2v) is 6.16. The Morgan fingerprint density at radius 2 is 1.95 bits per heavy atom. The molecule has 5 heteroatoms. The molecule has 1 heterocycles. The predicted molar refractivity (Wildman–Crippen MR) is 94.6 cm³/mol. The van der Waals surface area contributed by atoms with E-state index in [1.807, 2.05) is 19.0 Å². The molecule has 1 aromatic carbocycles. The highest BCUT2D eigenvalue weighted by atomic mass is 15.3. The van der Waals surface area contributed by atoms with Gasteiger partial charge in [0.25, 0.3) is 0 Å². The topological polar surface area (TPSA) is 48.1 Å². The van der Waals surface area contributed by atoms with Gasteiger partial charge in [0, 0.05) is 59.1 Å². The number of benzene rings is 1. The first kappa shape index (κ1) is 16.6. The normalized spacial score (nSPS) is 16.9. The maximum atomic E-state index is 5.79. The van der Waals surface area contributed by atoms with Crippen molar-refractivity contribution < 1.29 is 0 Å². The molecule has 1 saturated heterocycles. The van der Waals surface area contributed by atoms with Crippen molar-refractivity contribution in [3.63, 3.8) is 0 Å². The van der Waals surface area contributed by atoms with Crippen LogP contribution in [0.4, 0.5) is 5.69 Å². The summed E-state index contributed by atoms with van der Waals surface area (Å²) in [5.74, 6) is 0.615. The predicted octanol–water partition coefficient (Wildman–Crippen LogP) is 1.38. The van der Waals surface area contributed by atoms with Crippen LogP contribution in [0.5, 0.6) is 0 Å².